The second kappa shape index (κ2) is 7.63. The van der Waals surface area contributed by atoms with Gasteiger partial charge < -0.3 is 19.0 Å². The molecule has 0 unspecified atom stereocenters. The molecular formula is C15H20N2O5. The molecule has 120 valence electrons. The summed E-state index contributed by atoms with van der Waals surface area (Å²) in [7, 11) is 0. The monoisotopic (exact) mass is 308 g/mol. The Morgan fingerprint density at radius 2 is 1.82 bits per heavy atom. The molecule has 2 rings (SSSR count). The molecule has 1 fully saturated rings. The second-order valence-corrected chi connectivity index (χ2v) is 4.96. The Morgan fingerprint density at radius 3 is 2.41 bits per heavy atom. The van der Waals surface area contributed by atoms with Gasteiger partial charge in [0.1, 0.15) is 0 Å². The Hall–Kier alpha value is -2.31. The van der Waals surface area contributed by atoms with Crippen molar-refractivity contribution >= 4 is 17.8 Å². The Morgan fingerprint density at radius 1 is 1.14 bits per heavy atom. The third-order valence-corrected chi connectivity index (χ3v) is 3.50. The predicted molar refractivity (Wildman–Crippen MR) is 77.1 cm³/mol. The molecule has 0 bridgehead atoms. The van der Waals surface area contributed by atoms with Crippen molar-refractivity contribution in [3.63, 3.8) is 0 Å². The Bertz CT molecular complexity index is 518. The summed E-state index contributed by atoms with van der Waals surface area (Å²) in [5, 5.41) is 0. The molecular weight excluding hydrogens is 288 g/mol. The van der Waals surface area contributed by atoms with E-state index in [1.807, 2.05) is 0 Å². The minimum absolute atomic E-state index is 0.0850. The number of esters is 1. The molecule has 1 aromatic heterocycles. The largest absolute Gasteiger partial charge is 0.466 e. The van der Waals surface area contributed by atoms with Crippen LogP contribution in [0.15, 0.2) is 22.8 Å². The quantitative estimate of drug-likeness (QED) is 0.755. The minimum Gasteiger partial charge on any atom is -0.466 e. The van der Waals surface area contributed by atoms with Gasteiger partial charge in [-0.25, -0.2) is 0 Å². The fourth-order valence-corrected chi connectivity index (χ4v) is 2.32. The van der Waals surface area contributed by atoms with Crippen LogP contribution in [0.25, 0.3) is 0 Å². The fourth-order valence-electron chi connectivity index (χ4n) is 2.32. The van der Waals surface area contributed by atoms with E-state index < -0.39 is 0 Å². The molecule has 7 nitrogen and oxygen atoms in total. The van der Waals surface area contributed by atoms with Gasteiger partial charge in [-0.15, -0.1) is 0 Å². The number of ether oxygens (including phenoxy) is 1. The molecule has 1 aliphatic rings. The van der Waals surface area contributed by atoms with Gasteiger partial charge in [0.15, 0.2) is 5.76 Å². The van der Waals surface area contributed by atoms with Crippen LogP contribution in [0.2, 0.25) is 0 Å². The molecule has 0 saturated carbocycles. The first-order valence-electron chi connectivity index (χ1n) is 7.38. The van der Waals surface area contributed by atoms with Gasteiger partial charge in [-0.2, -0.15) is 0 Å². The van der Waals surface area contributed by atoms with Crippen LogP contribution < -0.4 is 0 Å². The number of furan rings is 1. The van der Waals surface area contributed by atoms with E-state index in [9.17, 15) is 14.4 Å². The van der Waals surface area contributed by atoms with Gasteiger partial charge in [-0.3, -0.25) is 14.4 Å². The summed E-state index contributed by atoms with van der Waals surface area (Å²) in [6.45, 7) is 3.91. The number of nitrogens with zero attached hydrogens (tertiary/aromatic N) is 2. The molecule has 0 atom stereocenters. The standard InChI is InChI=1S/C15H20N2O5/c1-2-21-14(19)6-5-13(18)16-7-9-17(10-8-16)15(20)12-4-3-11-22-12/h3-4,11H,2,5-10H2,1H3. The second-order valence-electron chi connectivity index (χ2n) is 4.96. The van der Waals surface area contributed by atoms with Gasteiger partial charge in [-0.05, 0) is 19.1 Å². The smallest absolute Gasteiger partial charge is 0.306 e. The molecule has 0 radical (unpaired) electrons. The van der Waals surface area contributed by atoms with Crippen LogP contribution in [-0.4, -0.2) is 60.4 Å². The molecule has 0 aliphatic carbocycles. The van der Waals surface area contributed by atoms with E-state index in [2.05, 4.69) is 0 Å². The van der Waals surface area contributed by atoms with Crippen molar-refractivity contribution in [2.24, 2.45) is 0 Å². The number of rotatable bonds is 5. The molecule has 0 aromatic carbocycles. The number of carbonyl (C=O) groups is 3. The summed E-state index contributed by atoms with van der Waals surface area (Å²) in [4.78, 5) is 38.7. The molecule has 1 saturated heterocycles. The Balaban J connectivity index is 1.76. The van der Waals surface area contributed by atoms with Crippen molar-refractivity contribution in [3.05, 3.63) is 24.2 Å². The zero-order valence-electron chi connectivity index (χ0n) is 12.6. The summed E-state index contributed by atoms with van der Waals surface area (Å²) in [6.07, 6.45) is 1.70. The number of amides is 2. The van der Waals surface area contributed by atoms with Gasteiger partial charge in [0.2, 0.25) is 5.91 Å². The Kier molecular flexibility index (Phi) is 5.57. The van der Waals surface area contributed by atoms with Crippen LogP contribution in [0.5, 0.6) is 0 Å². The van der Waals surface area contributed by atoms with E-state index in [1.54, 1.807) is 28.9 Å². The first-order valence-corrected chi connectivity index (χ1v) is 7.38. The molecule has 1 aliphatic heterocycles. The summed E-state index contributed by atoms with van der Waals surface area (Å²) in [5.41, 5.74) is 0. The predicted octanol–water partition coefficient (Wildman–Crippen LogP) is 0.907. The number of piperazine rings is 1. The summed E-state index contributed by atoms with van der Waals surface area (Å²) < 4.78 is 9.88. The van der Waals surface area contributed by atoms with Crippen LogP contribution in [-0.2, 0) is 14.3 Å². The average molecular weight is 308 g/mol. The van der Waals surface area contributed by atoms with E-state index in [4.69, 9.17) is 9.15 Å². The summed E-state index contributed by atoms with van der Waals surface area (Å²) in [6, 6.07) is 3.29. The third-order valence-electron chi connectivity index (χ3n) is 3.50. The van der Waals surface area contributed by atoms with Crippen molar-refractivity contribution in [3.8, 4) is 0 Å². The molecule has 2 amide bonds. The lowest BCUT2D eigenvalue weighted by Gasteiger charge is -2.34. The topological polar surface area (TPSA) is 80.1 Å². The van der Waals surface area contributed by atoms with Gasteiger partial charge in [0.05, 0.1) is 19.3 Å². The lowest BCUT2D eigenvalue weighted by Crippen LogP contribution is -2.50. The van der Waals surface area contributed by atoms with Gasteiger partial charge >= 0.3 is 5.97 Å². The molecule has 2 heterocycles. The van der Waals surface area contributed by atoms with Crippen LogP contribution in [0, 0.1) is 0 Å². The van der Waals surface area contributed by atoms with Gasteiger partial charge in [-0.1, -0.05) is 0 Å². The zero-order valence-corrected chi connectivity index (χ0v) is 12.6. The van der Waals surface area contributed by atoms with Gasteiger partial charge in [0, 0.05) is 32.6 Å². The maximum Gasteiger partial charge on any atom is 0.306 e. The maximum atomic E-state index is 12.1. The summed E-state index contributed by atoms with van der Waals surface area (Å²) in [5.74, 6) is -0.300. The van der Waals surface area contributed by atoms with E-state index >= 15 is 0 Å². The van der Waals surface area contributed by atoms with Crippen molar-refractivity contribution in [1.82, 2.24) is 9.80 Å². The van der Waals surface area contributed by atoms with Crippen molar-refractivity contribution in [1.29, 1.82) is 0 Å². The highest BCUT2D eigenvalue weighted by Gasteiger charge is 2.26. The lowest BCUT2D eigenvalue weighted by molar-refractivity contribution is -0.146. The Labute approximate surface area is 128 Å². The zero-order chi connectivity index (χ0) is 15.9. The minimum atomic E-state index is -0.359. The number of hydrogen-bond acceptors (Lipinski definition) is 5. The van der Waals surface area contributed by atoms with Crippen molar-refractivity contribution < 1.29 is 23.5 Å². The highest BCUT2D eigenvalue weighted by molar-refractivity contribution is 5.91. The highest BCUT2D eigenvalue weighted by Crippen LogP contribution is 2.10. The lowest BCUT2D eigenvalue weighted by atomic mass is 10.2. The molecule has 22 heavy (non-hydrogen) atoms. The highest BCUT2D eigenvalue weighted by atomic mass is 16.5. The molecule has 7 heteroatoms. The number of hydrogen-bond donors (Lipinski definition) is 0. The molecule has 0 spiro atoms. The first kappa shape index (κ1) is 16.1. The van der Waals surface area contributed by atoms with Crippen molar-refractivity contribution in [2.75, 3.05) is 32.8 Å². The SMILES string of the molecule is CCOC(=O)CCC(=O)N1CCN(C(=O)c2ccco2)CC1. The third kappa shape index (κ3) is 4.09. The fraction of sp³-hybridized carbons (Fsp3) is 0.533. The molecule has 0 N–H and O–H groups in total. The van der Waals surface area contributed by atoms with Crippen LogP contribution in [0.1, 0.15) is 30.3 Å². The molecule has 1 aromatic rings. The number of carbonyl (C=O) groups excluding carboxylic acids is 3. The maximum absolute atomic E-state index is 12.1. The van der Waals surface area contributed by atoms with E-state index in [0.29, 0.717) is 38.5 Å². The normalized spacial score (nSPS) is 14.8. The van der Waals surface area contributed by atoms with Crippen molar-refractivity contribution in [2.45, 2.75) is 19.8 Å². The van der Waals surface area contributed by atoms with Gasteiger partial charge in [0.25, 0.3) is 5.91 Å². The van der Waals surface area contributed by atoms with E-state index in [0.717, 1.165) is 0 Å². The van der Waals surface area contributed by atoms with Crippen LogP contribution in [0.3, 0.4) is 0 Å². The van der Waals surface area contributed by atoms with Crippen LogP contribution >= 0.6 is 0 Å². The first-order chi connectivity index (χ1) is 10.6. The van der Waals surface area contributed by atoms with E-state index in [-0.39, 0.29) is 30.6 Å². The summed E-state index contributed by atoms with van der Waals surface area (Å²) >= 11 is 0. The van der Waals surface area contributed by atoms with Crippen LogP contribution in [0.4, 0.5) is 0 Å². The van der Waals surface area contributed by atoms with E-state index in [1.165, 1.54) is 6.26 Å². The average Bonchev–Trinajstić information content (AvgIpc) is 3.07.